The van der Waals surface area contributed by atoms with Crippen LogP contribution in [0.2, 0.25) is 0 Å². The second-order valence-corrected chi connectivity index (χ2v) is 5.26. The molecule has 2 fully saturated rings. The van der Waals surface area contributed by atoms with Crippen LogP contribution >= 0.6 is 0 Å². The summed E-state index contributed by atoms with van der Waals surface area (Å²) in [6, 6.07) is 0. The summed E-state index contributed by atoms with van der Waals surface area (Å²) >= 11 is 0. The van der Waals surface area contributed by atoms with Crippen LogP contribution in [-0.2, 0) is 10.3 Å². The van der Waals surface area contributed by atoms with Crippen LogP contribution < -0.4 is 10.2 Å². The Morgan fingerprint density at radius 1 is 1.28 bits per heavy atom. The van der Waals surface area contributed by atoms with Crippen molar-refractivity contribution in [1.82, 2.24) is 20.5 Å². The summed E-state index contributed by atoms with van der Waals surface area (Å²) in [5, 5.41) is 10.8. The summed E-state index contributed by atoms with van der Waals surface area (Å²) in [6.45, 7) is 6.97. The molecule has 0 radical (unpaired) electrons. The average Bonchev–Trinajstić information content (AvgIpc) is 2.94. The van der Waals surface area contributed by atoms with Crippen molar-refractivity contribution < 1.29 is 4.74 Å². The van der Waals surface area contributed by atoms with Crippen molar-refractivity contribution in [3.05, 3.63) is 5.82 Å². The summed E-state index contributed by atoms with van der Waals surface area (Å²) in [5.41, 5.74) is -0.269. The number of anilines is 1. The smallest absolute Gasteiger partial charge is 0.244 e. The van der Waals surface area contributed by atoms with E-state index in [2.05, 4.69) is 32.3 Å². The van der Waals surface area contributed by atoms with Gasteiger partial charge in [-0.3, -0.25) is 5.10 Å². The molecule has 6 nitrogen and oxygen atoms in total. The number of rotatable bonds is 2. The van der Waals surface area contributed by atoms with Crippen LogP contribution in [0.15, 0.2) is 0 Å². The molecule has 1 aromatic heterocycles. The maximum Gasteiger partial charge on any atom is 0.244 e. The van der Waals surface area contributed by atoms with Crippen molar-refractivity contribution in [2.24, 2.45) is 0 Å². The monoisotopic (exact) mass is 251 g/mol. The van der Waals surface area contributed by atoms with E-state index in [1.807, 2.05) is 0 Å². The summed E-state index contributed by atoms with van der Waals surface area (Å²) < 4.78 is 5.79. The van der Waals surface area contributed by atoms with E-state index in [-0.39, 0.29) is 5.60 Å². The molecule has 1 unspecified atom stereocenters. The van der Waals surface area contributed by atoms with Crippen LogP contribution in [0.25, 0.3) is 0 Å². The van der Waals surface area contributed by atoms with Gasteiger partial charge in [0.25, 0.3) is 0 Å². The number of hydrogen-bond donors (Lipinski definition) is 2. The minimum atomic E-state index is -0.269. The van der Waals surface area contributed by atoms with E-state index < -0.39 is 0 Å². The lowest BCUT2D eigenvalue weighted by atomic mass is 10.0. The third-order valence-electron chi connectivity index (χ3n) is 3.82. The highest BCUT2D eigenvalue weighted by molar-refractivity contribution is 5.30. The van der Waals surface area contributed by atoms with Gasteiger partial charge in [0.2, 0.25) is 5.95 Å². The molecule has 1 atom stereocenters. The van der Waals surface area contributed by atoms with Crippen LogP contribution in [0, 0.1) is 0 Å². The molecular weight excluding hydrogens is 230 g/mol. The van der Waals surface area contributed by atoms with Crippen LogP contribution in [0.3, 0.4) is 0 Å². The van der Waals surface area contributed by atoms with Crippen LogP contribution in [0.5, 0.6) is 0 Å². The minimum absolute atomic E-state index is 0.269. The second kappa shape index (κ2) is 4.85. The zero-order valence-electron chi connectivity index (χ0n) is 10.9. The van der Waals surface area contributed by atoms with Crippen molar-refractivity contribution in [3.63, 3.8) is 0 Å². The van der Waals surface area contributed by atoms with E-state index in [0.717, 1.165) is 63.8 Å². The van der Waals surface area contributed by atoms with E-state index in [9.17, 15) is 0 Å². The number of aromatic amines is 1. The Labute approximate surface area is 107 Å². The van der Waals surface area contributed by atoms with Gasteiger partial charge in [0.15, 0.2) is 5.82 Å². The van der Waals surface area contributed by atoms with E-state index in [1.165, 1.54) is 0 Å². The fourth-order valence-corrected chi connectivity index (χ4v) is 2.64. The number of nitrogens with one attached hydrogen (secondary N) is 2. The summed E-state index contributed by atoms with van der Waals surface area (Å²) in [7, 11) is 0. The molecule has 0 bridgehead atoms. The first kappa shape index (κ1) is 11.9. The predicted molar refractivity (Wildman–Crippen MR) is 68.6 cm³/mol. The molecule has 3 heterocycles. The molecule has 18 heavy (non-hydrogen) atoms. The topological polar surface area (TPSA) is 66.1 Å². The van der Waals surface area contributed by atoms with Gasteiger partial charge in [-0.05, 0) is 32.7 Å². The Morgan fingerprint density at radius 3 is 3.06 bits per heavy atom. The number of nitrogens with zero attached hydrogens (tertiary/aromatic N) is 3. The number of aromatic nitrogens is 3. The van der Waals surface area contributed by atoms with Crippen molar-refractivity contribution in [2.75, 3.05) is 37.7 Å². The standard InChI is InChI=1S/C12H21N5O/c1-12(4-2-9-18-12)10-14-11(16-15-10)17-7-3-5-13-6-8-17/h13H,2-9H2,1H3,(H,14,15,16). The number of hydrogen-bond acceptors (Lipinski definition) is 5. The molecule has 2 aliphatic rings. The van der Waals surface area contributed by atoms with Gasteiger partial charge in [-0.15, -0.1) is 5.10 Å². The lowest BCUT2D eigenvalue weighted by Crippen LogP contribution is -2.29. The molecular formula is C12H21N5O. The van der Waals surface area contributed by atoms with Gasteiger partial charge in [0, 0.05) is 26.2 Å². The third-order valence-corrected chi connectivity index (χ3v) is 3.82. The van der Waals surface area contributed by atoms with Crippen molar-refractivity contribution in [1.29, 1.82) is 0 Å². The SMILES string of the molecule is CC1(c2nc(N3CCCNCC3)n[nH]2)CCCO1. The van der Waals surface area contributed by atoms with E-state index in [1.54, 1.807) is 0 Å². The molecule has 0 aliphatic carbocycles. The maximum atomic E-state index is 5.79. The Balaban J connectivity index is 1.76. The maximum absolute atomic E-state index is 5.79. The molecule has 2 saturated heterocycles. The normalized spacial score (nSPS) is 29.5. The van der Waals surface area contributed by atoms with Gasteiger partial charge in [0.05, 0.1) is 0 Å². The predicted octanol–water partition coefficient (Wildman–Crippen LogP) is 0.630. The van der Waals surface area contributed by atoms with Crippen LogP contribution in [-0.4, -0.2) is 48.0 Å². The van der Waals surface area contributed by atoms with Gasteiger partial charge in [-0.2, -0.15) is 4.98 Å². The van der Waals surface area contributed by atoms with E-state index >= 15 is 0 Å². The molecule has 0 saturated carbocycles. The molecule has 6 heteroatoms. The summed E-state index contributed by atoms with van der Waals surface area (Å²) in [5.74, 6) is 1.68. The lowest BCUT2D eigenvalue weighted by molar-refractivity contribution is 0.00966. The Kier molecular flexibility index (Phi) is 3.22. The van der Waals surface area contributed by atoms with Crippen molar-refractivity contribution in [3.8, 4) is 0 Å². The molecule has 2 aliphatic heterocycles. The fraction of sp³-hybridized carbons (Fsp3) is 0.833. The highest BCUT2D eigenvalue weighted by Crippen LogP contribution is 2.33. The molecule has 3 rings (SSSR count). The minimum Gasteiger partial charge on any atom is -0.367 e. The highest BCUT2D eigenvalue weighted by atomic mass is 16.5. The van der Waals surface area contributed by atoms with Gasteiger partial charge >= 0.3 is 0 Å². The number of ether oxygens (including phenoxy) is 1. The highest BCUT2D eigenvalue weighted by Gasteiger charge is 2.35. The van der Waals surface area contributed by atoms with Crippen LogP contribution in [0.4, 0.5) is 5.95 Å². The lowest BCUT2D eigenvalue weighted by Gasteiger charge is -2.20. The van der Waals surface area contributed by atoms with E-state index in [0.29, 0.717) is 0 Å². The molecule has 0 spiro atoms. The first-order valence-electron chi connectivity index (χ1n) is 6.80. The average molecular weight is 251 g/mol. The summed E-state index contributed by atoms with van der Waals surface area (Å²) in [6.07, 6.45) is 3.25. The van der Waals surface area contributed by atoms with Gasteiger partial charge in [-0.1, -0.05) is 0 Å². The zero-order valence-corrected chi connectivity index (χ0v) is 10.9. The fourth-order valence-electron chi connectivity index (χ4n) is 2.64. The molecule has 100 valence electrons. The van der Waals surface area contributed by atoms with Gasteiger partial charge in [0.1, 0.15) is 5.60 Å². The van der Waals surface area contributed by atoms with Gasteiger partial charge < -0.3 is 15.0 Å². The molecule has 2 N–H and O–H groups in total. The zero-order chi connectivity index (χ0) is 12.4. The largest absolute Gasteiger partial charge is 0.367 e. The van der Waals surface area contributed by atoms with E-state index in [4.69, 9.17) is 4.74 Å². The first-order chi connectivity index (χ1) is 8.78. The first-order valence-corrected chi connectivity index (χ1v) is 6.80. The quantitative estimate of drug-likeness (QED) is 0.807. The molecule has 0 aromatic carbocycles. The van der Waals surface area contributed by atoms with Crippen molar-refractivity contribution >= 4 is 5.95 Å². The van der Waals surface area contributed by atoms with Gasteiger partial charge in [-0.25, -0.2) is 0 Å². The Hall–Kier alpha value is -1.14. The van der Waals surface area contributed by atoms with Crippen molar-refractivity contribution in [2.45, 2.75) is 31.8 Å². The second-order valence-electron chi connectivity index (χ2n) is 5.26. The Bertz CT molecular complexity index is 391. The molecule has 1 aromatic rings. The Morgan fingerprint density at radius 2 is 2.22 bits per heavy atom. The number of H-pyrrole nitrogens is 1. The summed E-state index contributed by atoms with van der Waals surface area (Å²) in [4.78, 5) is 6.87. The van der Waals surface area contributed by atoms with Crippen LogP contribution in [0.1, 0.15) is 32.0 Å². The molecule has 0 amide bonds. The third kappa shape index (κ3) is 2.22.